The van der Waals surface area contributed by atoms with E-state index in [1.165, 1.54) is 30.9 Å². The fraction of sp³-hybridized carbons (Fsp3) is 0.688. The van der Waals surface area contributed by atoms with Crippen LogP contribution in [0.4, 0.5) is 0 Å². The summed E-state index contributed by atoms with van der Waals surface area (Å²) in [7, 11) is 0. The highest BCUT2D eigenvalue weighted by Crippen LogP contribution is 2.07. The van der Waals surface area contributed by atoms with Gasteiger partial charge >= 0.3 is 0 Å². The minimum Gasteiger partial charge on any atom is -0.310 e. The first-order valence-corrected chi connectivity index (χ1v) is 7.79. The highest BCUT2D eigenvalue weighted by molar-refractivity contribution is 5.14. The minimum absolute atomic E-state index is 0.518. The predicted octanol–water partition coefficient (Wildman–Crippen LogP) is 1.72. The van der Waals surface area contributed by atoms with Gasteiger partial charge in [-0.3, -0.25) is 9.88 Å². The number of piperazine rings is 1. The first-order valence-electron chi connectivity index (χ1n) is 7.79. The van der Waals surface area contributed by atoms with E-state index in [9.17, 15) is 0 Å². The Bertz CT molecular complexity index is 380. The number of nitrogens with zero attached hydrogens (tertiary/aromatic N) is 3. The van der Waals surface area contributed by atoms with Crippen LogP contribution >= 0.6 is 0 Å². The van der Waals surface area contributed by atoms with Crippen molar-refractivity contribution >= 4 is 0 Å². The van der Waals surface area contributed by atoms with Crippen LogP contribution in [0.5, 0.6) is 0 Å². The molecule has 0 aliphatic carbocycles. The fourth-order valence-electron chi connectivity index (χ4n) is 2.47. The number of hydrogen-bond acceptors (Lipinski definition) is 4. The zero-order chi connectivity index (χ0) is 14.4. The highest BCUT2D eigenvalue weighted by atomic mass is 15.3. The van der Waals surface area contributed by atoms with Gasteiger partial charge in [-0.2, -0.15) is 0 Å². The molecule has 4 heteroatoms. The van der Waals surface area contributed by atoms with Crippen LogP contribution in [-0.2, 0) is 13.1 Å². The molecule has 0 atom stereocenters. The highest BCUT2D eigenvalue weighted by Gasteiger charge is 2.15. The van der Waals surface area contributed by atoms with E-state index in [-0.39, 0.29) is 0 Å². The smallest absolute Gasteiger partial charge is 0.0544 e. The molecule has 2 heterocycles. The van der Waals surface area contributed by atoms with Crippen molar-refractivity contribution in [2.75, 3.05) is 32.7 Å². The van der Waals surface area contributed by atoms with E-state index < -0.39 is 0 Å². The largest absolute Gasteiger partial charge is 0.310 e. The van der Waals surface area contributed by atoms with Crippen LogP contribution in [0.1, 0.15) is 32.0 Å². The summed E-state index contributed by atoms with van der Waals surface area (Å²) in [6.07, 6.45) is 2.01. The van der Waals surface area contributed by atoms with Crippen LogP contribution in [0.2, 0.25) is 0 Å². The van der Waals surface area contributed by atoms with Crippen LogP contribution in [0.25, 0.3) is 0 Å². The van der Waals surface area contributed by atoms with Gasteiger partial charge in [0.15, 0.2) is 0 Å². The number of hydrogen-bond donors (Lipinski definition) is 1. The van der Waals surface area contributed by atoms with Crippen LogP contribution in [0, 0.1) is 0 Å². The Hall–Kier alpha value is -0.970. The quantitative estimate of drug-likeness (QED) is 0.857. The van der Waals surface area contributed by atoms with Gasteiger partial charge in [0.1, 0.15) is 0 Å². The van der Waals surface area contributed by atoms with Gasteiger partial charge in [-0.15, -0.1) is 0 Å². The molecule has 0 unspecified atom stereocenters. The second-order valence-corrected chi connectivity index (χ2v) is 5.90. The Morgan fingerprint density at radius 2 is 1.85 bits per heavy atom. The van der Waals surface area contributed by atoms with E-state index in [2.05, 4.69) is 53.0 Å². The standard InChI is InChI=1S/C16H28N4/c1-4-19-7-9-20(10-8-19)13-16-6-5-15(12-18-16)11-17-14(2)3/h5-6,12,14,17H,4,7-11,13H2,1-3H3. The second kappa shape index (κ2) is 7.72. The first kappa shape index (κ1) is 15.4. The molecule has 0 aromatic carbocycles. The summed E-state index contributed by atoms with van der Waals surface area (Å²) < 4.78 is 0. The summed E-state index contributed by atoms with van der Waals surface area (Å²) in [4.78, 5) is 9.60. The van der Waals surface area contributed by atoms with E-state index in [4.69, 9.17) is 0 Å². The molecular formula is C16H28N4. The average molecular weight is 276 g/mol. The molecule has 1 aliphatic heterocycles. The van der Waals surface area contributed by atoms with E-state index in [0.29, 0.717) is 6.04 Å². The molecule has 2 rings (SSSR count). The van der Waals surface area contributed by atoms with Gasteiger partial charge in [0.25, 0.3) is 0 Å². The molecule has 0 radical (unpaired) electrons. The molecule has 20 heavy (non-hydrogen) atoms. The number of likely N-dealkylation sites (N-methyl/N-ethyl adjacent to an activating group) is 1. The summed E-state index contributed by atoms with van der Waals surface area (Å²) in [5, 5.41) is 3.42. The third kappa shape index (κ3) is 4.85. The summed E-state index contributed by atoms with van der Waals surface area (Å²) in [5.41, 5.74) is 2.45. The van der Waals surface area contributed by atoms with E-state index >= 15 is 0 Å². The van der Waals surface area contributed by atoms with Crippen molar-refractivity contribution in [2.45, 2.75) is 39.9 Å². The Balaban J connectivity index is 1.79. The van der Waals surface area contributed by atoms with Crippen molar-refractivity contribution in [3.63, 3.8) is 0 Å². The van der Waals surface area contributed by atoms with Gasteiger partial charge in [-0.05, 0) is 18.2 Å². The lowest BCUT2D eigenvalue weighted by atomic mass is 10.2. The van der Waals surface area contributed by atoms with Crippen molar-refractivity contribution in [2.24, 2.45) is 0 Å². The second-order valence-electron chi connectivity index (χ2n) is 5.90. The fourth-order valence-corrected chi connectivity index (χ4v) is 2.47. The predicted molar refractivity (Wildman–Crippen MR) is 83.6 cm³/mol. The lowest BCUT2D eigenvalue weighted by Crippen LogP contribution is -2.45. The van der Waals surface area contributed by atoms with Crippen LogP contribution < -0.4 is 5.32 Å². The maximum Gasteiger partial charge on any atom is 0.0544 e. The molecule has 1 aromatic heterocycles. The third-order valence-electron chi connectivity index (χ3n) is 3.90. The van der Waals surface area contributed by atoms with Crippen LogP contribution in [-0.4, -0.2) is 53.5 Å². The third-order valence-corrected chi connectivity index (χ3v) is 3.90. The molecular weight excluding hydrogens is 248 g/mol. The minimum atomic E-state index is 0.518. The average Bonchev–Trinajstić information content (AvgIpc) is 2.47. The maximum atomic E-state index is 4.59. The number of nitrogens with one attached hydrogen (secondary N) is 1. The molecule has 1 aromatic rings. The molecule has 1 fully saturated rings. The Morgan fingerprint density at radius 3 is 2.40 bits per heavy atom. The lowest BCUT2D eigenvalue weighted by Gasteiger charge is -2.33. The summed E-state index contributed by atoms with van der Waals surface area (Å²) in [6, 6.07) is 4.88. The van der Waals surface area contributed by atoms with Gasteiger partial charge < -0.3 is 10.2 Å². The van der Waals surface area contributed by atoms with Crippen LogP contribution in [0.3, 0.4) is 0 Å². The Labute approximate surface area is 123 Å². The van der Waals surface area contributed by atoms with Crippen molar-refractivity contribution in [1.29, 1.82) is 0 Å². The monoisotopic (exact) mass is 276 g/mol. The Kier molecular flexibility index (Phi) is 5.95. The number of aromatic nitrogens is 1. The topological polar surface area (TPSA) is 31.4 Å². The molecule has 1 saturated heterocycles. The zero-order valence-electron chi connectivity index (χ0n) is 13.1. The van der Waals surface area contributed by atoms with Gasteiger partial charge in [0, 0.05) is 51.5 Å². The van der Waals surface area contributed by atoms with E-state index in [1.807, 2.05) is 6.20 Å². The molecule has 0 amide bonds. The van der Waals surface area contributed by atoms with Crippen LogP contribution in [0.15, 0.2) is 18.3 Å². The van der Waals surface area contributed by atoms with Gasteiger partial charge in [0.2, 0.25) is 0 Å². The lowest BCUT2D eigenvalue weighted by molar-refractivity contribution is 0.131. The number of rotatable bonds is 6. The summed E-state index contributed by atoms with van der Waals surface area (Å²) in [6.45, 7) is 14.3. The van der Waals surface area contributed by atoms with Gasteiger partial charge in [0.05, 0.1) is 5.69 Å². The summed E-state index contributed by atoms with van der Waals surface area (Å²) >= 11 is 0. The van der Waals surface area contributed by atoms with Crippen molar-refractivity contribution in [3.05, 3.63) is 29.6 Å². The maximum absolute atomic E-state index is 4.59. The Morgan fingerprint density at radius 1 is 1.15 bits per heavy atom. The van der Waals surface area contributed by atoms with Crippen molar-refractivity contribution in [3.8, 4) is 0 Å². The molecule has 0 bridgehead atoms. The van der Waals surface area contributed by atoms with Gasteiger partial charge in [-0.1, -0.05) is 26.8 Å². The van der Waals surface area contributed by atoms with E-state index in [1.54, 1.807) is 0 Å². The molecule has 112 valence electrons. The van der Waals surface area contributed by atoms with Crippen molar-refractivity contribution < 1.29 is 0 Å². The van der Waals surface area contributed by atoms with Crippen molar-refractivity contribution in [1.82, 2.24) is 20.1 Å². The molecule has 1 N–H and O–H groups in total. The zero-order valence-corrected chi connectivity index (χ0v) is 13.1. The normalized spacial score (nSPS) is 17.8. The molecule has 0 saturated carbocycles. The molecule has 4 nitrogen and oxygen atoms in total. The first-order chi connectivity index (χ1) is 9.67. The van der Waals surface area contributed by atoms with E-state index in [0.717, 1.165) is 26.2 Å². The van der Waals surface area contributed by atoms with Gasteiger partial charge in [-0.25, -0.2) is 0 Å². The number of pyridine rings is 1. The summed E-state index contributed by atoms with van der Waals surface area (Å²) in [5.74, 6) is 0. The molecule has 0 spiro atoms. The molecule has 1 aliphatic rings. The SMILES string of the molecule is CCN1CCN(Cc2ccc(CNC(C)C)cn2)CC1.